The number of rotatable bonds is 29. The predicted molar refractivity (Wildman–Crippen MR) is 189 cm³/mol. The smallest absolute Gasteiger partial charge is 0.220 e. The standard InChI is InChI=1S/C38H69NO8/c1-3-5-7-9-11-13-14-15-16-17-18-20-21-23-25-27-32(41)31(30-46-38-37(45)36(44)35(43)33(29-40)47-38)39-34(42)28-26-24-22-19-12-10-8-6-4-2/h14-15,18,20,25,27,31-33,35-38,40-41,43-45H,3-13,16-17,19,21-24,26,28-30H2,1-2H3,(H,39,42)/b15-14+,20-18+,27-25+. The van der Waals surface area contributed by atoms with Gasteiger partial charge in [0.15, 0.2) is 6.29 Å². The minimum absolute atomic E-state index is 0.198. The summed E-state index contributed by atoms with van der Waals surface area (Å²) in [5.74, 6) is -0.198. The van der Waals surface area contributed by atoms with Gasteiger partial charge < -0.3 is 40.3 Å². The molecule has 9 heteroatoms. The topological polar surface area (TPSA) is 149 Å². The second-order valence-electron chi connectivity index (χ2n) is 13.0. The molecule has 0 bridgehead atoms. The zero-order valence-corrected chi connectivity index (χ0v) is 29.5. The van der Waals surface area contributed by atoms with E-state index >= 15 is 0 Å². The Bertz CT molecular complexity index is 833. The molecule has 1 heterocycles. The normalized spacial score (nSPS) is 23.3. The van der Waals surface area contributed by atoms with Crippen molar-refractivity contribution >= 4 is 5.91 Å². The van der Waals surface area contributed by atoms with Gasteiger partial charge in [-0.05, 0) is 44.9 Å². The van der Waals surface area contributed by atoms with Crippen LogP contribution in [0.3, 0.4) is 0 Å². The lowest BCUT2D eigenvalue weighted by atomic mass is 9.99. The van der Waals surface area contributed by atoms with Crippen molar-refractivity contribution in [3.63, 3.8) is 0 Å². The number of amides is 1. The van der Waals surface area contributed by atoms with Gasteiger partial charge in [0, 0.05) is 6.42 Å². The molecule has 1 saturated heterocycles. The van der Waals surface area contributed by atoms with E-state index in [-0.39, 0.29) is 12.5 Å². The number of ether oxygens (including phenoxy) is 2. The Labute approximate surface area is 285 Å². The van der Waals surface area contributed by atoms with Crippen molar-refractivity contribution < 1.29 is 39.8 Å². The monoisotopic (exact) mass is 668 g/mol. The van der Waals surface area contributed by atoms with Gasteiger partial charge in [0.05, 0.1) is 25.4 Å². The fourth-order valence-corrected chi connectivity index (χ4v) is 5.60. The maximum absolute atomic E-state index is 12.8. The number of carbonyl (C=O) groups is 1. The number of unbranched alkanes of at least 4 members (excludes halogenated alkanes) is 15. The predicted octanol–water partition coefficient (Wildman–Crippen LogP) is 6.16. The van der Waals surface area contributed by atoms with Crippen LogP contribution in [0, 0.1) is 0 Å². The average Bonchev–Trinajstić information content (AvgIpc) is 3.07. The molecule has 7 atom stereocenters. The largest absolute Gasteiger partial charge is 0.394 e. The zero-order valence-electron chi connectivity index (χ0n) is 29.5. The van der Waals surface area contributed by atoms with E-state index in [2.05, 4.69) is 43.5 Å². The van der Waals surface area contributed by atoms with Crippen molar-refractivity contribution in [1.82, 2.24) is 5.32 Å². The van der Waals surface area contributed by atoms with Gasteiger partial charge >= 0.3 is 0 Å². The first-order valence-electron chi connectivity index (χ1n) is 18.7. The van der Waals surface area contributed by atoms with E-state index in [4.69, 9.17) is 9.47 Å². The second-order valence-corrected chi connectivity index (χ2v) is 13.0. The fraction of sp³-hybridized carbons (Fsp3) is 0.816. The first-order valence-corrected chi connectivity index (χ1v) is 18.7. The molecular formula is C38H69NO8. The van der Waals surface area contributed by atoms with Crippen molar-refractivity contribution in [1.29, 1.82) is 0 Å². The number of allylic oxidation sites excluding steroid dienone is 5. The van der Waals surface area contributed by atoms with Gasteiger partial charge in [0.2, 0.25) is 5.91 Å². The van der Waals surface area contributed by atoms with Crippen molar-refractivity contribution in [2.75, 3.05) is 13.2 Å². The van der Waals surface area contributed by atoms with Crippen LogP contribution in [0.4, 0.5) is 0 Å². The summed E-state index contributed by atoms with van der Waals surface area (Å²) in [7, 11) is 0. The number of nitrogens with one attached hydrogen (secondary N) is 1. The number of hydrogen-bond donors (Lipinski definition) is 6. The zero-order chi connectivity index (χ0) is 34.5. The average molecular weight is 668 g/mol. The molecule has 274 valence electrons. The molecule has 1 rings (SSSR count). The number of hydrogen-bond acceptors (Lipinski definition) is 8. The highest BCUT2D eigenvalue weighted by atomic mass is 16.7. The molecule has 1 fully saturated rings. The van der Waals surface area contributed by atoms with Gasteiger partial charge in [-0.2, -0.15) is 0 Å². The molecule has 0 spiro atoms. The lowest BCUT2D eigenvalue weighted by Crippen LogP contribution is -2.60. The highest BCUT2D eigenvalue weighted by molar-refractivity contribution is 5.76. The first-order chi connectivity index (χ1) is 22.8. The molecule has 1 aliphatic rings. The molecule has 0 aromatic rings. The van der Waals surface area contributed by atoms with Gasteiger partial charge in [-0.25, -0.2) is 0 Å². The van der Waals surface area contributed by atoms with Crippen LogP contribution in [0.15, 0.2) is 36.5 Å². The highest BCUT2D eigenvalue weighted by Gasteiger charge is 2.44. The van der Waals surface area contributed by atoms with Gasteiger partial charge in [0.1, 0.15) is 24.4 Å². The second kappa shape index (κ2) is 29.3. The molecule has 1 aliphatic heterocycles. The molecule has 47 heavy (non-hydrogen) atoms. The molecule has 0 aliphatic carbocycles. The Morgan fingerprint density at radius 1 is 0.702 bits per heavy atom. The SMILES string of the molecule is CCCCCCC/C=C/CC/C=C/CC/C=C/C(O)C(COC1OC(CO)C(O)C(O)C1O)NC(=O)CCCCCCCCCCC. The molecule has 0 aromatic carbocycles. The summed E-state index contributed by atoms with van der Waals surface area (Å²) in [4.78, 5) is 12.8. The minimum atomic E-state index is -1.57. The highest BCUT2D eigenvalue weighted by Crippen LogP contribution is 2.22. The maximum atomic E-state index is 12.8. The first kappa shape index (κ1) is 43.4. The van der Waals surface area contributed by atoms with Crippen LogP contribution < -0.4 is 5.32 Å². The van der Waals surface area contributed by atoms with Crippen LogP contribution in [0.25, 0.3) is 0 Å². The van der Waals surface area contributed by atoms with E-state index in [0.717, 1.165) is 51.4 Å². The summed E-state index contributed by atoms with van der Waals surface area (Å²) < 4.78 is 11.1. The maximum Gasteiger partial charge on any atom is 0.220 e. The molecule has 0 radical (unpaired) electrons. The lowest BCUT2D eigenvalue weighted by molar-refractivity contribution is -0.302. The van der Waals surface area contributed by atoms with Crippen LogP contribution in [-0.4, -0.2) is 87.5 Å². The molecule has 6 N–H and O–H groups in total. The summed E-state index contributed by atoms with van der Waals surface area (Å²) in [5.41, 5.74) is 0. The van der Waals surface area contributed by atoms with E-state index in [1.807, 2.05) is 6.08 Å². The number of aliphatic hydroxyl groups is 5. The van der Waals surface area contributed by atoms with Crippen LogP contribution >= 0.6 is 0 Å². The van der Waals surface area contributed by atoms with E-state index in [9.17, 15) is 30.3 Å². The van der Waals surface area contributed by atoms with Crippen LogP contribution in [-0.2, 0) is 14.3 Å². The molecule has 7 unspecified atom stereocenters. The van der Waals surface area contributed by atoms with Gasteiger partial charge in [0.25, 0.3) is 0 Å². The van der Waals surface area contributed by atoms with Crippen molar-refractivity contribution in [3.05, 3.63) is 36.5 Å². The van der Waals surface area contributed by atoms with Crippen LogP contribution in [0.1, 0.15) is 142 Å². The molecular weight excluding hydrogens is 598 g/mol. The van der Waals surface area contributed by atoms with Crippen molar-refractivity contribution in [3.8, 4) is 0 Å². The Morgan fingerprint density at radius 3 is 1.79 bits per heavy atom. The molecule has 9 nitrogen and oxygen atoms in total. The molecule has 1 amide bonds. The Morgan fingerprint density at radius 2 is 1.21 bits per heavy atom. The van der Waals surface area contributed by atoms with E-state index in [0.29, 0.717) is 6.42 Å². The third-order valence-electron chi connectivity index (χ3n) is 8.70. The van der Waals surface area contributed by atoms with Gasteiger partial charge in [-0.15, -0.1) is 0 Å². The van der Waals surface area contributed by atoms with E-state index < -0.39 is 49.5 Å². The third kappa shape index (κ3) is 21.2. The van der Waals surface area contributed by atoms with E-state index in [1.165, 1.54) is 70.6 Å². The summed E-state index contributed by atoms with van der Waals surface area (Å²) in [6, 6.07) is -0.821. The summed E-state index contributed by atoms with van der Waals surface area (Å²) in [5, 5.41) is 53.7. The van der Waals surface area contributed by atoms with Crippen LogP contribution in [0.2, 0.25) is 0 Å². The van der Waals surface area contributed by atoms with Gasteiger partial charge in [-0.3, -0.25) is 4.79 Å². The van der Waals surface area contributed by atoms with Crippen LogP contribution in [0.5, 0.6) is 0 Å². The number of aliphatic hydroxyl groups excluding tert-OH is 5. The summed E-state index contributed by atoms with van der Waals surface area (Å²) >= 11 is 0. The number of carbonyl (C=O) groups excluding carboxylic acids is 1. The van der Waals surface area contributed by atoms with Crippen molar-refractivity contribution in [2.45, 2.75) is 185 Å². The quantitative estimate of drug-likeness (QED) is 0.0411. The lowest BCUT2D eigenvalue weighted by Gasteiger charge is -2.40. The summed E-state index contributed by atoms with van der Waals surface area (Å²) in [6.45, 7) is 3.67. The Balaban J connectivity index is 2.52. The molecule has 0 aromatic heterocycles. The minimum Gasteiger partial charge on any atom is -0.394 e. The molecule has 0 saturated carbocycles. The van der Waals surface area contributed by atoms with Gasteiger partial charge in [-0.1, -0.05) is 127 Å². The Hall–Kier alpha value is -1.59. The van der Waals surface area contributed by atoms with E-state index in [1.54, 1.807) is 6.08 Å². The van der Waals surface area contributed by atoms with Crippen molar-refractivity contribution in [2.24, 2.45) is 0 Å². The Kier molecular flexibility index (Phi) is 27.1. The summed E-state index contributed by atoms with van der Waals surface area (Å²) in [6.07, 6.45) is 26.2. The fourth-order valence-electron chi connectivity index (χ4n) is 5.60. The third-order valence-corrected chi connectivity index (χ3v) is 8.70.